The lowest BCUT2D eigenvalue weighted by atomic mass is 10.2. The van der Waals surface area contributed by atoms with Crippen LogP contribution in [0.3, 0.4) is 0 Å². The Morgan fingerprint density at radius 2 is 2.33 bits per heavy atom. The number of aliphatic hydroxyl groups excluding tert-OH is 1. The number of aromatic nitrogens is 1. The van der Waals surface area contributed by atoms with Gasteiger partial charge in [-0.1, -0.05) is 0 Å². The summed E-state index contributed by atoms with van der Waals surface area (Å²) in [5.41, 5.74) is 0. The van der Waals surface area contributed by atoms with Crippen LogP contribution in [-0.4, -0.2) is 23.2 Å². The number of unbranched alkanes of at least 4 members (excludes halogenated alkanes) is 2. The van der Waals surface area contributed by atoms with Crippen molar-refractivity contribution < 1.29 is 9.52 Å². The van der Waals surface area contributed by atoms with E-state index in [0.717, 1.165) is 25.8 Å². The van der Waals surface area contributed by atoms with Crippen molar-refractivity contribution in [3.8, 4) is 0 Å². The second-order valence-corrected chi connectivity index (χ2v) is 2.58. The van der Waals surface area contributed by atoms with Gasteiger partial charge in [0, 0.05) is 13.2 Å². The quantitative estimate of drug-likeness (QED) is 0.631. The van der Waals surface area contributed by atoms with Crippen LogP contribution in [0.15, 0.2) is 17.0 Å². The Bertz CT molecular complexity index is 187. The second-order valence-electron chi connectivity index (χ2n) is 2.58. The summed E-state index contributed by atoms with van der Waals surface area (Å²) < 4.78 is 4.97. The first-order valence-corrected chi connectivity index (χ1v) is 4.16. The van der Waals surface area contributed by atoms with Crippen molar-refractivity contribution in [2.24, 2.45) is 0 Å². The predicted octanol–water partition coefficient (Wildman–Crippen LogP) is 1.25. The Kier molecular flexibility index (Phi) is 4.23. The maximum Gasteiger partial charge on any atom is 0.213 e. The zero-order valence-corrected chi connectivity index (χ0v) is 6.99. The summed E-state index contributed by atoms with van der Waals surface area (Å²) >= 11 is 0. The van der Waals surface area contributed by atoms with E-state index in [9.17, 15) is 0 Å². The molecule has 0 aliphatic heterocycles. The molecule has 0 fully saturated rings. The van der Waals surface area contributed by atoms with Crippen LogP contribution < -0.4 is 5.32 Å². The van der Waals surface area contributed by atoms with Gasteiger partial charge in [-0.05, 0) is 19.3 Å². The molecule has 0 bridgehead atoms. The maximum absolute atomic E-state index is 8.50. The molecular formula is C8H14N2O2. The zero-order valence-electron chi connectivity index (χ0n) is 6.99. The Labute approximate surface area is 71.6 Å². The van der Waals surface area contributed by atoms with E-state index in [0.29, 0.717) is 5.88 Å². The number of aliphatic hydroxyl groups is 1. The van der Waals surface area contributed by atoms with Gasteiger partial charge in [0.2, 0.25) is 5.88 Å². The fourth-order valence-electron chi connectivity index (χ4n) is 0.928. The van der Waals surface area contributed by atoms with E-state index >= 15 is 0 Å². The Morgan fingerprint density at radius 1 is 1.42 bits per heavy atom. The van der Waals surface area contributed by atoms with Gasteiger partial charge in [0.1, 0.15) is 0 Å². The van der Waals surface area contributed by atoms with E-state index in [1.165, 1.54) is 6.39 Å². The minimum absolute atomic E-state index is 0.280. The van der Waals surface area contributed by atoms with Crippen molar-refractivity contribution in [1.29, 1.82) is 0 Å². The third kappa shape index (κ3) is 3.39. The number of anilines is 1. The number of nitrogens with zero attached hydrogens (tertiary/aromatic N) is 1. The summed E-state index contributed by atoms with van der Waals surface area (Å²) in [6, 6.07) is 0. The summed E-state index contributed by atoms with van der Waals surface area (Å²) in [5, 5.41) is 11.6. The highest BCUT2D eigenvalue weighted by Gasteiger charge is 1.93. The summed E-state index contributed by atoms with van der Waals surface area (Å²) in [5.74, 6) is 0.707. The minimum atomic E-state index is 0.280. The predicted molar refractivity (Wildman–Crippen MR) is 45.9 cm³/mol. The largest absolute Gasteiger partial charge is 0.428 e. The first-order chi connectivity index (χ1) is 5.93. The molecule has 0 saturated carbocycles. The van der Waals surface area contributed by atoms with Crippen molar-refractivity contribution in [3.05, 3.63) is 12.6 Å². The molecule has 4 heteroatoms. The van der Waals surface area contributed by atoms with Crippen LogP contribution in [0.4, 0.5) is 5.88 Å². The van der Waals surface area contributed by atoms with E-state index in [4.69, 9.17) is 9.52 Å². The SMILES string of the molecule is OCCCCCNc1cnco1. The summed E-state index contributed by atoms with van der Waals surface area (Å²) in [7, 11) is 0. The van der Waals surface area contributed by atoms with Crippen LogP contribution in [0.5, 0.6) is 0 Å². The van der Waals surface area contributed by atoms with Crippen molar-refractivity contribution in [2.75, 3.05) is 18.5 Å². The first-order valence-electron chi connectivity index (χ1n) is 4.16. The van der Waals surface area contributed by atoms with Gasteiger partial charge in [-0.3, -0.25) is 0 Å². The van der Waals surface area contributed by atoms with Crippen molar-refractivity contribution in [1.82, 2.24) is 4.98 Å². The molecule has 1 rings (SSSR count). The lowest BCUT2D eigenvalue weighted by molar-refractivity contribution is 0.283. The summed E-state index contributed by atoms with van der Waals surface area (Å²) in [6.45, 7) is 1.15. The molecule has 0 aliphatic carbocycles. The molecule has 1 aromatic heterocycles. The van der Waals surface area contributed by atoms with Crippen molar-refractivity contribution in [3.63, 3.8) is 0 Å². The average molecular weight is 170 g/mol. The average Bonchev–Trinajstić information content (AvgIpc) is 2.57. The number of nitrogens with one attached hydrogen (secondary N) is 1. The topological polar surface area (TPSA) is 58.3 Å². The van der Waals surface area contributed by atoms with Gasteiger partial charge in [0.15, 0.2) is 6.39 Å². The first kappa shape index (κ1) is 9.06. The van der Waals surface area contributed by atoms with E-state index in [1.54, 1.807) is 6.20 Å². The minimum Gasteiger partial charge on any atom is -0.428 e. The Hall–Kier alpha value is -1.03. The molecule has 1 heterocycles. The molecule has 1 aromatic rings. The van der Waals surface area contributed by atoms with Crippen molar-refractivity contribution in [2.45, 2.75) is 19.3 Å². The summed E-state index contributed by atoms with van der Waals surface area (Å²) in [4.78, 5) is 3.77. The van der Waals surface area contributed by atoms with Crippen LogP contribution >= 0.6 is 0 Å². The molecular weight excluding hydrogens is 156 g/mol. The molecule has 12 heavy (non-hydrogen) atoms. The molecule has 0 radical (unpaired) electrons. The van der Waals surface area contributed by atoms with Gasteiger partial charge in [-0.25, -0.2) is 4.98 Å². The Morgan fingerprint density at radius 3 is 3.00 bits per heavy atom. The molecule has 0 amide bonds. The monoisotopic (exact) mass is 170 g/mol. The van der Waals surface area contributed by atoms with Gasteiger partial charge in [0.05, 0.1) is 6.20 Å². The van der Waals surface area contributed by atoms with Crippen LogP contribution in [0.25, 0.3) is 0 Å². The number of hydrogen-bond acceptors (Lipinski definition) is 4. The Balaban J connectivity index is 1.96. The standard InChI is InChI=1S/C8H14N2O2/c11-5-3-1-2-4-10-8-6-9-7-12-8/h6-7,10-11H,1-5H2. The molecule has 68 valence electrons. The molecule has 0 spiro atoms. The normalized spacial score (nSPS) is 10.1. The van der Waals surface area contributed by atoms with Gasteiger partial charge >= 0.3 is 0 Å². The van der Waals surface area contributed by atoms with Gasteiger partial charge in [0.25, 0.3) is 0 Å². The third-order valence-corrected chi connectivity index (χ3v) is 1.57. The molecule has 0 aliphatic rings. The second kappa shape index (κ2) is 5.60. The van der Waals surface area contributed by atoms with Crippen molar-refractivity contribution >= 4 is 5.88 Å². The lowest BCUT2D eigenvalue weighted by Crippen LogP contribution is -2.00. The van der Waals surface area contributed by atoms with Crippen LogP contribution in [0, 0.1) is 0 Å². The number of oxazole rings is 1. The molecule has 0 atom stereocenters. The fraction of sp³-hybridized carbons (Fsp3) is 0.625. The van der Waals surface area contributed by atoms with Crippen LogP contribution in [-0.2, 0) is 0 Å². The van der Waals surface area contributed by atoms with Gasteiger partial charge < -0.3 is 14.8 Å². The zero-order chi connectivity index (χ0) is 8.65. The summed E-state index contributed by atoms with van der Waals surface area (Å²) in [6.07, 6.45) is 6.00. The smallest absolute Gasteiger partial charge is 0.213 e. The van der Waals surface area contributed by atoms with Gasteiger partial charge in [-0.15, -0.1) is 0 Å². The molecule has 0 aromatic carbocycles. The maximum atomic E-state index is 8.50. The molecule has 2 N–H and O–H groups in total. The highest BCUT2D eigenvalue weighted by Crippen LogP contribution is 2.03. The van der Waals surface area contributed by atoms with Crippen LogP contribution in [0.1, 0.15) is 19.3 Å². The molecule has 4 nitrogen and oxygen atoms in total. The molecule has 0 unspecified atom stereocenters. The lowest BCUT2D eigenvalue weighted by Gasteiger charge is -2.00. The van der Waals surface area contributed by atoms with E-state index in [2.05, 4.69) is 10.3 Å². The fourth-order valence-corrected chi connectivity index (χ4v) is 0.928. The van der Waals surface area contributed by atoms with Gasteiger partial charge in [-0.2, -0.15) is 0 Å². The van der Waals surface area contributed by atoms with Crippen LogP contribution in [0.2, 0.25) is 0 Å². The van der Waals surface area contributed by atoms with E-state index < -0.39 is 0 Å². The molecule has 0 saturated heterocycles. The van der Waals surface area contributed by atoms with E-state index in [-0.39, 0.29) is 6.61 Å². The third-order valence-electron chi connectivity index (χ3n) is 1.57. The van der Waals surface area contributed by atoms with E-state index in [1.807, 2.05) is 0 Å². The number of rotatable bonds is 6. The number of hydrogen-bond donors (Lipinski definition) is 2. The highest BCUT2D eigenvalue weighted by molar-refractivity contribution is 5.25. The highest BCUT2D eigenvalue weighted by atomic mass is 16.4.